The molecule has 1 saturated heterocycles. The summed E-state index contributed by atoms with van der Waals surface area (Å²) in [6.45, 7) is 1.76. The Bertz CT molecular complexity index is 434. The van der Waals surface area contributed by atoms with Gasteiger partial charge in [-0.05, 0) is 30.5 Å². The van der Waals surface area contributed by atoms with Crippen LogP contribution < -0.4 is 0 Å². The third-order valence-electron chi connectivity index (χ3n) is 3.23. The largest absolute Gasteiger partial charge is 0.339 e. The number of nitrogens with zero attached hydrogens (tertiary/aromatic N) is 1. The molecular formula is C15H18ClNO. The Morgan fingerprint density at radius 3 is 2.44 bits per heavy atom. The molecule has 3 heteroatoms. The predicted molar refractivity (Wildman–Crippen MR) is 75.5 cm³/mol. The highest BCUT2D eigenvalue weighted by molar-refractivity contribution is 6.32. The van der Waals surface area contributed by atoms with Gasteiger partial charge in [0.15, 0.2) is 0 Å². The Labute approximate surface area is 113 Å². The molecule has 0 aromatic heterocycles. The van der Waals surface area contributed by atoms with E-state index < -0.39 is 0 Å². The third kappa shape index (κ3) is 3.61. The average molecular weight is 264 g/mol. The summed E-state index contributed by atoms with van der Waals surface area (Å²) in [6, 6.07) is 7.55. The first-order valence-electron chi connectivity index (χ1n) is 6.49. The number of amides is 1. The van der Waals surface area contributed by atoms with Crippen LogP contribution >= 0.6 is 11.6 Å². The molecule has 1 fully saturated rings. The van der Waals surface area contributed by atoms with Crippen molar-refractivity contribution in [1.82, 2.24) is 4.90 Å². The molecule has 1 aromatic rings. The quantitative estimate of drug-likeness (QED) is 0.744. The number of hydrogen-bond donors (Lipinski definition) is 0. The van der Waals surface area contributed by atoms with Crippen LogP contribution in [-0.4, -0.2) is 23.9 Å². The van der Waals surface area contributed by atoms with Crippen molar-refractivity contribution in [2.75, 3.05) is 13.1 Å². The fraction of sp³-hybridized carbons (Fsp3) is 0.400. The molecule has 0 unspecified atom stereocenters. The second-order valence-corrected chi connectivity index (χ2v) is 5.00. The maximum Gasteiger partial charge on any atom is 0.246 e. The van der Waals surface area contributed by atoms with Crippen molar-refractivity contribution in [3.05, 3.63) is 40.9 Å². The van der Waals surface area contributed by atoms with Crippen molar-refractivity contribution in [3.63, 3.8) is 0 Å². The molecule has 1 aliphatic rings. The lowest BCUT2D eigenvalue weighted by atomic mass is 10.2. The second kappa shape index (κ2) is 6.60. The molecule has 1 amide bonds. The van der Waals surface area contributed by atoms with Crippen LogP contribution in [-0.2, 0) is 4.79 Å². The third-order valence-corrected chi connectivity index (χ3v) is 3.57. The Balaban J connectivity index is 2.00. The first-order valence-corrected chi connectivity index (χ1v) is 6.87. The zero-order chi connectivity index (χ0) is 12.8. The van der Waals surface area contributed by atoms with E-state index >= 15 is 0 Å². The van der Waals surface area contributed by atoms with Crippen LogP contribution in [0.25, 0.3) is 6.08 Å². The standard InChI is InChI=1S/C15H18ClNO/c16-14-8-4-3-7-13(14)9-10-15(18)17-11-5-1-2-6-12-17/h3-4,7-10H,1-2,5-6,11-12H2/b10-9+. The zero-order valence-corrected chi connectivity index (χ0v) is 11.2. The lowest BCUT2D eigenvalue weighted by Gasteiger charge is -2.17. The van der Waals surface area contributed by atoms with E-state index in [2.05, 4.69) is 0 Å². The molecule has 1 heterocycles. The molecule has 1 aromatic carbocycles. The van der Waals surface area contributed by atoms with E-state index in [-0.39, 0.29) is 5.91 Å². The fourth-order valence-corrected chi connectivity index (χ4v) is 2.37. The number of benzene rings is 1. The zero-order valence-electron chi connectivity index (χ0n) is 10.4. The van der Waals surface area contributed by atoms with Gasteiger partial charge in [-0.2, -0.15) is 0 Å². The molecular weight excluding hydrogens is 246 g/mol. The number of rotatable bonds is 2. The number of carbonyl (C=O) groups is 1. The molecule has 2 rings (SSSR count). The minimum absolute atomic E-state index is 0.0943. The van der Waals surface area contributed by atoms with Gasteiger partial charge in [0.2, 0.25) is 5.91 Å². The van der Waals surface area contributed by atoms with Crippen molar-refractivity contribution in [1.29, 1.82) is 0 Å². The summed E-state index contributed by atoms with van der Waals surface area (Å²) in [6.07, 6.45) is 8.13. The second-order valence-electron chi connectivity index (χ2n) is 4.59. The fourth-order valence-electron chi connectivity index (χ4n) is 2.17. The Morgan fingerprint density at radius 2 is 1.78 bits per heavy atom. The van der Waals surface area contributed by atoms with Gasteiger partial charge in [0.05, 0.1) is 0 Å². The van der Waals surface area contributed by atoms with E-state index in [1.165, 1.54) is 12.8 Å². The molecule has 0 atom stereocenters. The van der Waals surface area contributed by atoms with Crippen LogP contribution in [0.5, 0.6) is 0 Å². The van der Waals surface area contributed by atoms with Crippen LogP contribution in [0.15, 0.2) is 30.3 Å². The molecule has 0 bridgehead atoms. The van der Waals surface area contributed by atoms with Crippen molar-refractivity contribution >= 4 is 23.6 Å². The highest BCUT2D eigenvalue weighted by Gasteiger charge is 2.12. The molecule has 0 aliphatic carbocycles. The van der Waals surface area contributed by atoms with Crippen LogP contribution in [0.1, 0.15) is 31.2 Å². The van der Waals surface area contributed by atoms with Crippen molar-refractivity contribution in [2.24, 2.45) is 0 Å². The molecule has 96 valence electrons. The Morgan fingerprint density at radius 1 is 1.11 bits per heavy atom. The summed E-state index contributed by atoms with van der Waals surface area (Å²) >= 11 is 6.04. The Kier molecular flexibility index (Phi) is 4.82. The lowest BCUT2D eigenvalue weighted by Crippen LogP contribution is -2.30. The van der Waals surface area contributed by atoms with Gasteiger partial charge in [-0.3, -0.25) is 4.79 Å². The monoisotopic (exact) mass is 263 g/mol. The highest BCUT2D eigenvalue weighted by Crippen LogP contribution is 2.17. The molecule has 0 N–H and O–H groups in total. The SMILES string of the molecule is O=C(/C=C/c1ccccc1Cl)N1CCCCCC1. The highest BCUT2D eigenvalue weighted by atomic mass is 35.5. The molecule has 0 saturated carbocycles. The summed E-state index contributed by atoms with van der Waals surface area (Å²) in [5.41, 5.74) is 0.891. The summed E-state index contributed by atoms with van der Waals surface area (Å²) in [7, 11) is 0. The minimum Gasteiger partial charge on any atom is -0.339 e. The van der Waals surface area contributed by atoms with E-state index in [4.69, 9.17) is 11.6 Å². The van der Waals surface area contributed by atoms with Crippen molar-refractivity contribution in [3.8, 4) is 0 Å². The maximum absolute atomic E-state index is 12.0. The molecule has 0 spiro atoms. The van der Waals surface area contributed by atoms with Gasteiger partial charge in [-0.1, -0.05) is 42.6 Å². The van der Waals surface area contributed by atoms with Gasteiger partial charge in [0, 0.05) is 24.2 Å². The maximum atomic E-state index is 12.0. The Hall–Kier alpha value is -1.28. The number of hydrogen-bond acceptors (Lipinski definition) is 1. The molecule has 2 nitrogen and oxygen atoms in total. The van der Waals surface area contributed by atoms with E-state index in [9.17, 15) is 4.79 Å². The first kappa shape index (κ1) is 13.2. The van der Waals surface area contributed by atoms with Crippen LogP contribution in [0.3, 0.4) is 0 Å². The summed E-state index contributed by atoms with van der Waals surface area (Å²) in [4.78, 5) is 14.0. The van der Waals surface area contributed by atoms with Crippen molar-refractivity contribution in [2.45, 2.75) is 25.7 Å². The minimum atomic E-state index is 0.0943. The normalized spacial score (nSPS) is 16.8. The molecule has 0 radical (unpaired) electrons. The first-order chi connectivity index (χ1) is 8.77. The average Bonchev–Trinajstić information content (AvgIpc) is 2.66. The predicted octanol–water partition coefficient (Wildman–Crippen LogP) is 3.76. The number of likely N-dealkylation sites (tertiary alicyclic amines) is 1. The van der Waals surface area contributed by atoms with Crippen LogP contribution in [0, 0.1) is 0 Å². The summed E-state index contributed by atoms with van der Waals surface area (Å²) in [5.74, 6) is 0.0943. The number of halogens is 1. The lowest BCUT2D eigenvalue weighted by molar-refractivity contribution is -0.125. The van der Waals surface area contributed by atoms with E-state index in [0.29, 0.717) is 5.02 Å². The molecule has 18 heavy (non-hydrogen) atoms. The van der Waals surface area contributed by atoms with E-state index in [1.807, 2.05) is 29.2 Å². The van der Waals surface area contributed by atoms with Gasteiger partial charge < -0.3 is 4.90 Å². The van der Waals surface area contributed by atoms with Gasteiger partial charge in [-0.25, -0.2) is 0 Å². The number of carbonyl (C=O) groups excluding carboxylic acids is 1. The van der Waals surface area contributed by atoms with Crippen molar-refractivity contribution < 1.29 is 4.79 Å². The van der Waals surface area contributed by atoms with Gasteiger partial charge >= 0.3 is 0 Å². The van der Waals surface area contributed by atoms with Gasteiger partial charge in [0.25, 0.3) is 0 Å². The van der Waals surface area contributed by atoms with E-state index in [1.54, 1.807) is 12.2 Å². The van der Waals surface area contributed by atoms with Crippen LogP contribution in [0.4, 0.5) is 0 Å². The summed E-state index contributed by atoms with van der Waals surface area (Å²) < 4.78 is 0. The smallest absolute Gasteiger partial charge is 0.246 e. The molecule has 1 aliphatic heterocycles. The summed E-state index contributed by atoms with van der Waals surface area (Å²) in [5, 5.41) is 0.678. The topological polar surface area (TPSA) is 20.3 Å². The van der Waals surface area contributed by atoms with Gasteiger partial charge in [-0.15, -0.1) is 0 Å². The van der Waals surface area contributed by atoms with Crippen LogP contribution in [0.2, 0.25) is 5.02 Å². The van der Waals surface area contributed by atoms with E-state index in [0.717, 1.165) is 31.5 Å². The van der Waals surface area contributed by atoms with Gasteiger partial charge in [0.1, 0.15) is 0 Å².